The third kappa shape index (κ3) is 4.76. The minimum atomic E-state index is -3.55. The van der Waals surface area contributed by atoms with Crippen molar-refractivity contribution in [3.8, 4) is 22.8 Å². The summed E-state index contributed by atoms with van der Waals surface area (Å²) >= 11 is 0. The van der Waals surface area contributed by atoms with Gasteiger partial charge in [0.25, 0.3) is 5.88 Å². The molecule has 0 unspecified atom stereocenters. The minimum Gasteiger partial charge on any atom is -0.491 e. The van der Waals surface area contributed by atoms with E-state index >= 15 is 0 Å². The molecule has 0 spiro atoms. The Morgan fingerprint density at radius 3 is 2.57 bits per heavy atom. The van der Waals surface area contributed by atoms with E-state index in [9.17, 15) is 17.6 Å². The average Bonchev–Trinajstić information content (AvgIpc) is 3.15. The number of hydrogen-bond donors (Lipinski definition) is 1. The molecule has 0 saturated carbocycles. The van der Waals surface area contributed by atoms with Gasteiger partial charge in [-0.1, -0.05) is 18.2 Å². The molecule has 0 aliphatic carbocycles. The first-order chi connectivity index (χ1) is 16.6. The molecule has 3 heterocycles. The molecule has 1 atom stereocenters. The van der Waals surface area contributed by atoms with Crippen molar-refractivity contribution in [1.82, 2.24) is 19.5 Å². The molecule has 1 aromatic carbocycles. The van der Waals surface area contributed by atoms with E-state index in [-0.39, 0.29) is 11.5 Å². The van der Waals surface area contributed by atoms with Gasteiger partial charge in [-0.3, -0.25) is 4.57 Å². The average molecular weight is 501 g/mol. The summed E-state index contributed by atoms with van der Waals surface area (Å²) in [6.07, 6.45) is 2.56. The van der Waals surface area contributed by atoms with Crippen molar-refractivity contribution in [1.29, 1.82) is 0 Å². The normalized spacial score (nSPS) is 12.6. The van der Waals surface area contributed by atoms with E-state index in [0.29, 0.717) is 40.3 Å². The highest BCUT2D eigenvalue weighted by molar-refractivity contribution is 7.90. The fraction of sp³-hybridized carbons (Fsp3) is 0.292. The summed E-state index contributed by atoms with van der Waals surface area (Å²) in [6, 6.07) is 8.47. The van der Waals surface area contributed by atoms with E-state index in [2.05, 4.69) is 15.0 Å². The second-order valence-corrected chi connectivity index (χ2v) is 10.2. The first-order valence-corrected chi connectivity index (χ1v) is 12.9. The van der Waals surface area contributed by atoms with Gasteiger partial charge in [0.05, 0.1) is 36.7 Å². The fourth-order valence-corrected chi connectivity index (χ4v) is 4.92. The Labute approximate surface area is 201 Å². The number of ether oxygens (including phenoxy) is 2. The van der Waals surface area contributed by atoms with Crippen LogP contribution in [0.4, 0.5) is 4.39 Å². The molecule has 35 heavy (non-hydrogen) atoms. The standard InChI is InChI=1S/C24H25FN4O5S/c1-5-34-23-20(33-3)11-10-18(27-23)19(13-35(4,31)32)29-22-21(28-24(29)30)14(2)16(12-26-22)15-8-6-7-9-17(15)25/h6-12,19H,5,13H2,1-4H3,(H,28,30)/t19-/m0/s1. The molecule has 9 nitrogen and oxygen atoms in total. The molecule has 0 aliphatic rings. The largest absolute Gasteiger partial charge is 0.491 e. The predicted molar refractivity (Wildman–Crippen MR) is 130 cm³/mol. The number of aromatic nitrogens is 4. The Morgan fingerprint density at radius 2 is 1.91 bits per heavy atom. The van der Waals surface area contributed by atoms with Gasteiger partial charge in [0, 0.05) is 23.6 Å². The van der Waals surface area contributed by atoms with Crippen molar-refractivity contribution >= 4 is 21.0 Å². The molecule has 1 N–H and O–H groups in total. The quantitative estimate of drug-likeness (QED) is 0.395. The molecule has 184 valence electrons. The highest BCUT2D eigenvalue weighted by Crippen LogP contribution is 2.32. The van der Waals surface area contributed by atoms with Gasteiger partial charge in [0.15, 0.2) is 11.4 Å². The smallest absolute Gasteiger partial charge is 0.328 e. The second kappa shape index (κ2) is 9.49. The van der Waals surface area contributed by atoms with Crippen molar-refractivity contribution < 1.29 is 22.3 Å². The summed E-state index contributed by atoms with van der Waals surface area (Å²) in [5, 5.41) is 0. The van der Waals surface area contributed by atoms with Crippen LogP contribution in [0.2, 0.25) is 0 Å². The first-order valence-electron chi connectivity index (χ1n) is 10.8. The van der Waals surface area contributed by atoms with E-state index in [1.165, 1.54) is 23.9 Å². The third-order valence-electron chi connectivity index (χ3n) is 5.62. The Bertz CT molecular complexity index is 1560. The first kappa shape index (κ1) is 24.4. The highest BCUT2D eigenvalue weighted by Gasteiger charge is 2.27. The Kier molecular flexibility index (Phi) is 6.62. The molecular weight excluding hydrogens is 475 g/mol. The Morgan fingerprint density at radius 1 is 1.17 bits per heavy atom. The number of rotatable bonds is 8. The molecular formula is C24H25FN4O5S. The van der Waals surface area contributed by atoms with Crippen molar-refractivity contribution in [2.45, 2.75) is 19.9 Å². The van der Waals surface area contributed by atoms with Gasteiger partial charge in [0.2, 0.25) is 0 Å². The van der Waals surface area contributed by atoms with Gasteiger partial charge in [-0.25, -0.2) is 27.6 Å². The summed E-state index contributed by atoms with van der Waals surface area (Å²) in [7, 11) is -2.08. The summed E-state index contributed by atoms with van der Waals surface area (Å²) in [4.78, 5) is 24.8. The maximum absolute atomic E-state index is 14.4. The van der Waals surface area contributed by atoms with Gasteiger partial charge in [-0.05, 0) is 37.6 Å². The van der Waals surface area contributed by atoms with Crippen LogP contribution in [-0.4, -0.2) is 53.7 Å². The maximum Gasteiger partial charge on any atom is 0.328 e. The van der Waals surface area contributed by atoms with E-state index in [1.54, 1.807) is 44.2 Å². The van der Waals surface area contributed by atoms with Crippen LogP contribution in [0, 0.1) is 12.7 Å². The molecule has 0 fully saturated rings. The van der Waals surface area contributed by atoms with Crippen molar-refractivity contribution in [2.75, 3.05) is 25.7 Å². The van der Waals surface area contributed by atoms with E-state index in [4.69, 9.17) is 9.47 Å². The van der Waals surface area contributed by atoms with E-state index in [1.807, 2.05) is 0 Å². The molecule has 0 radical (unpaired) electrons. The number of pyridine rings is 2. The Balaban J connectivity index is 1.94. The number of H-pyrrole nitrogens is 1. The van der Waals surface area contributed by atoms with Crippen LogP contribution in [0.3, 0.4) is 0 Å². The van der Waals surface area contributed by atoms with Crippen LogP contribution in [-0.2, 0) is 9.84 Å². The van der Waals surface area contributed by atoms with Gasteiger partial charge >= 0.3 is 5.69 Å². The molecule has 0 amide bonds. The van der Waals surface area contributed by atoms with Crippen LogP contribution in [0.1, 0.15) is 24.2 Å². The molecule has 4 aromatic rings. The molecule has 0 saturated heterocycles. The number of aromatic amines is 1. The van der Waals surface area contributed by atoms with Gasteiger partial charge < -0.3 is 14.5 Å². The lowest BCUT2D eigenvalue weighted by atomic mass is 10.0. The third-order valence-corrected chi connectivity index (χ3v) is 6.54. The minimum absolute atomic E-state index is 0.185. The van der Waals surface area contributed by atoms with Crippen LogP contribution >= 0.6 is 0 Å². The number of methoxy groups -OCH3 is 1. The van der Waals surface area contributed by atoms with Gasteiger partial charge in [-0.15, -0.1) is 0 Å². The number of sulfone groups is 1. The zero-order valence-electron chi connectivity index (χ0n) is 19.7. The van der Waals surface area contributed by atoms with Crippen LogP contribution in [0.15, 0.2) is 47.4 Å². The molecule has 11 heteroatoms. The lowest BCUT2D eigenvalue weighted by molar-refractivity contribution is 0.296. The Hall–Kier alpha value is -3.73. The monoisotopic (exact) mass is 500 g/mol. The number of benzene rings is 1. The SMILES string of the molecule is CCOc1nc([C@H](CS(C)(=O)=O)n2c(=O)[nH]c3c(C)c(-c4ccccc4F)cnc32)ccc1OC. The maximum atomic E-state index is 14.4. The summed E-state index contributed by atoms with van der Waals surface area (Å²) in [5.74, 6) is -0.256. The van der Waals surface area contributed by atoms with E-state index in [0.717, 1.165) is 6.26 Å². The summed E-state index contributed by atoms with van der Waals surface area (Å²) in [6.45, 7) is 3.85. The van der Waals surface area contributed by atoms with Crippen molar-refractivity contribution in [2.24, 2.45) is 0 Å². The lowest BCUT2D eigenvalue weighted by Crippen LogP contribution is -2.29. The number of fused-ring (bicyclic) bond motifs is 1. The lowest BCUT2D eigenvalue weighted by Gasteiger charge is -2.19. The van der Waals surface area contributed by atoms with Crippen LogP contribution in [0.5, 0.6) is 11.6 Å². The molecule has 0 aliphatic heterocycles. The zero-order valence-corrected chi connectivity index (χ0v) is 20.5. The number of nitrogens with zero attached hydrogens (tertiary/aromatic N) is 3. The number of imidazole rings is 1. The van der Waals surface area contributed by atoms with Gasteiger partial charge in [0.1, 0.15) is 15.7 Å². The zero-order chi connectivity index (χ0) is 25.3. The van der Waals surface area contributed by atoms with Crippen LogP contribution in [0.25, 0.3) is 22.3 Å². The van der Waals surface area contributed by atoms with E-state index < -0.39 is 33.1 Å². The molecule has 4 rings (SSSR count). The van der Waals surface area contributed by atoms with Crippen LogP contribution < -0.4 is 15.2 Å². The second-order valence-electron chi connectivity index (χ2n) is 8.06. The molecule has 0 bridgehead atoms. The van der Waals surface area contributed by atoms with Gasteiger partial charge in [-0.2, -0.15) is 0 Å². The number of aryl methyl sites for hydroxylation is 1. The topological polar surface area (TPSA) is 116 Å². The van der Waals surface area contributed by atoms with Crippen molar-refractivity contribution in [3.05, 3.63) is 70.2 Å². The summed E-state index contributed by atoms with van der Waals surface area (Å²) < 4.78 is 51.2. The number of hydrogen-bond acceptors (Lipinski definition) is 7. The fourth-order valence-electron chi connectivity index (χ4n) is 4.03. The molecule has 3 aromatic heterocycles. The summed E-state index contributed by atoms with van der Waals surface area (Å²) in [5.41, 5.74) is 1.81. The number of halogens is 1. The highest BCUT2D eigenvalue weighted by atomic mass is 32.2. The predicted octanol–water partition coefficient (Wildman–Crippen LogP) is 3.28. The van der Waals surface area contributed by atoms with Crippen molar-refractivity contribution in [3.63, 3.8) is 0 Å². The number of nitrogens with one attached hydrogen (secondary N) is 1.